The van der Waals surface area contributed by atoms with Gasteiger partial charge in [-0.3, -0.25) is 19.4 Å². The van der Waals surface area contributed by atoms with Crippen molar-refractivity contribution in [1.82, 2.24) is 9.80 Å². The molecule has 4 amide bonds. The summed E-state index contributed by atoms with van der Waals surface area (Å²) in [4.78, 5) is 37.8. The summed E-state index contributed by atoms with van der Waals surface area (Å²) in [7, 11) is 2.61. The number of nitriles is 1. The van der Waals surface area contributed by atoms with Gasteiger partial charge < -0.3 is 4.42 Å². The minimum absolute atomic E-state index is 0.168. The number of imide groups is 2. The number of hydrogen-bond acceptors (Lipinski definition) is 5. The fraction of sp³-hybridized carbons (Fsp3) is 0.111. The molecule has 0 unspecified atom stereocenters. The number of hydrogen-bond donors (Lipinski definition) is 0. The predicted octanol–water partition coefficient (Wildman–Crippen LogP) is 2.25. The number of urea groups is 1. The molecule has 0 atom stereocenters. The van der Waals surface area contributed by atoms with Crippen LogP contribution >= 0.6 is 0 Å². The Morgan fingerprint density at radius 3 is 2.28 bits per heavy atom. The summed E-state index contributed by atoms with van der Waals surface area (Å²) in [6.07, 6.45) is 1.29. The number of likely N-dealkylation sites (N-methyl/N-ethyl adjacent to an activating group) is 2. The second-order valence-corrected chi connectivity index (χ2v) is 5.43. The maximum absolute atomic E-state index is 12.2. The predicted molar refractivity (Wildman–Crippen MR) is 87.8 cm³/mol. The lowest BCUT2D eigenvalue weighted by Crippen LogP contribution is -2.52. The molecular formula is C18H13N3O4. The van der Waals surface area contributed by atoms with E-state index in [-0.39, 0.29) is 11.3 Å². The molecule has 1 saturated heterocycles. The zero-order chi connectivity index (χ0) is 18.1. The number of furan rings is 1. The molecule has 1 aliphatic heterocycles. The monoisotopic (exact) mass is 335 g/mol. The highest BCUT2D eigenvalue weighted by atomic mass is 16.3. The van der Waals surface area contributed by atoms with Gasteiger partial charge in [-0.2, -0.15) is 5.26 Å². The van der Waals surface area contributed by atoms with Crippen LogP contribution in [-0.2, 0) is 9.59 Å². The van der Waals surface area contributed by atoms with Crippen LogP contribution in [0.3, 0.4) is 0 Å². The molecular weight excluding hydrogens is 322 g/mol. The largest absolute Gasteiger partial charge is 0.457 e. The van der Waals surface area contributed by atoms with Crippen molar-refractivity contribution in [2.45, 2.75) is 0 Å². The van der Waals surface area contributed by atoms with E-state index in [0.717, 1.165) is 9.80 Å². The highest BCUT2D eigenvalue weighted by Gasteiger charge is 2.38. The van der Waals surface area contributed by atoms with Gasteiger partial charge in [0.15, 0.2) is 0 Å². The molecule has 0 N–H and O–H groups in total. The molecule has 2 heterocycles. The summed E-state index contributed by atoms with van der Waals surface area (Å²) in [5.74, 6) is -0.667. The Labute approximate surface area is 143 Å². The quantitative estimate of drug-likeness (QED) is 0.620. The van der Waals surface area contributed by atoms with E-state index in [2.05, 4.69) is 6.07 Å². The normalized spacial score (nSPS) is 14.8. The molecule has 1 aromatic carbocycles. The van der Waals surface area contributed by atoms with Crippen LogP contribution in [0.25, 0.3) is 17.4 Å². The molecule has 1 aromatic heterocycles. The van der Waals surface area contributed by atoms with Gasteiger partial charge in [0.2, 0.25) is 0 Å². The van der Waals surface area contributed by atoms with Crippen molar-refractivity contribution in [2.24, 2.45) is 0 Å². The third-order valence-electron chi connectivity index (χ3n) is 3.87. The third kappa shape index (κ3) is 2.70. The van der Waals surface area contributed by atoms with Crippen LogP contribution in [0.5, 0.6) is 0 Å². The lowest BCUT2D eigenvalue weighted by atomic mass is 10.1. The molecule has 0 aliphatic carbocycles. The second-order valence-electron chi connectivity index (χ2n) is 5.43. The first-order valence-corrected chi connectivity index (χ1v) is 7.35. The first-order valence-electron chi connectivity index (χ1n) is 7.35. The Morgan fingerprint density at radius 2 is 1.64 bits per heavy atom. The summed E-state index contributed by atoms with van der Waals surface area (Å²) < 4.78 is 5.66. The molecule has 25 heavy (non-hydrogen) atoms. The molecule has 3 rings (SSSR count). The van der Waals surface area contributed by atoms with Gasteiger partial charge in [-0.15, -0.1) is 0 Å². The fourth-order valence-electron chi connectivity index (χ4n) is 2.49. The number of benzene rings is 1. The van der Waals surface area contributed by atoms with Gasteiger partial charge in [-0.1, -0.05) is 12.1 Å². The van der Waals surface area contributed by atoms with Gasteiger partial charge in [0.05, 0.1) is 11.6 Å². The van der Waals surface area contributed by atoms with Crippen LogP contribution in [0.1, 0.15) is 11.3 Å². The summed E-state index contributed by atoms with van der Waals surface area (Å²) in [5, 5.41) is 9.16. The lowest BCUT2D eigenvalue weighted by molar-refractivity contribution is -0.134. The lowest BCUT2D eigenvalue weighted by Gasteiger charge is -2.28. The van der Waals surface area contributed by atoms with Crippen molar-refractivity contribution in [2.75, 3.05) is 14.1 Å². The van der Waals surface area contributed by atoms with Crippen molar-refractivity contribution < 1.29 is 18.8 Å². The van der Waals surface area contributed by atoms with Crippen LogP contribution in [-0.4, -0.2) is 41.7 Å². The van der Waals surface area contributed by atoms with Crippen LogP contribution in [0.2, 0.25) is 0 Å². The Morgan fingerprint density at radius 1 is 1.00 bits per heavy atom. The van der Waals surface area contributed by atoms with Gasteiger partial charge in [0.25, 0.3) is 11.8 Å². The molecule has 0 spiro atoms. The van der Waals surface area contributed by atoms with Crippen LogP contribution in [0.15, 0.2) is 46.4 Å². The SMILES string of the molecule is CN1C(=O)C(=Cc2ccc(-c3ccccc3C#N)o2)C(=O)N(C)C1=O. The highest BCUT2D eigenvalue weighted by molar-refractivity contribution is 6.30. The molecule has 1 fully saturated rings. The van der Waals surface area contributed by atoms with E-state index in [4.69, 9.17) is 9.68 Å². The van der Waals surface area contributed by atoms with E-state index in [1.165, 1.54) is 20.2 Å². The third-order valence-corrected chi connectivity index (χ3v) is 3.87. The Kier molecular flexibility index (Phi) is 3.95. The Hall–Kier alpha value is -3.66. The van der Waals surface area contributed by atoms with Gasteiger partial charge in [0, 0.05) is 19.7 Å². The van der Waals surface area contributed by atoms with E-state index in [0.29, 0.717) is 16.9 Å². The number of amides is 4. The van der Waals surface area contributed by atoms with Crippen LogP contribution < -0.4 is 0 Å². The van der Waals surface area contributed by atoms with Crippen molar-refractivity contribution >= 4 is 23.9 Å². The van der Waals surface area contributed by atoms with E-state index in [1.54, 1.807) is 36.4 Å². The summed E-state index contributed by atoms with van der Waals surface area (Å²) >= 11 is 0. The van der Waals surface area contributed by atoms with Gasteiger partial charge in [-0.05, 0) is 30.3 Å². The number of carbonyl (C=O) groups is 3. The molecule has 0 saturated carbocycles. The molecule has 0 bridgehead atoms. The zero-order valence-corrected chi connectivity index (χ0v) is 13.5. The zero-order valence-electron chi connectivity index (χ0n) is 13.5. The fourth-order valence-corrected chi connectivity index (χ4v) is 2.49. The molecule has 2 aromatic rings. The Balaban J connectivity index is 1.99. The first kappa shape index (κ1) is 16.2. The summed E-state index contributed by atoms with van der Waals surface area (Å²) in [6, 6.07) is 11.6. The molecule has 7 heteroatoms. The first-order chi connectivity index (χ1) is 11.9. The number of nitrogens with zero attached hydrogens (tertiary/aromatic N) is 3. The minimum Gasteiger partial charge on any atom is -0.457 e. The van der Waals surface area contributed by atoms with E-state index in [1.807, 2.05) is 0 Å². The van der Waals surface area contributed by atoms with E-state index in [9.17, 15) is 14.4 Å². The van der Waals surface area contributed by atoms with E-state index >= 15 is 0 Å². The second kappa shape index (κ2) is 6.09. The van der Waals surface area contributed by atoms with Crippen LogP contribution in [0.4, 0.5) is 4.79 Å². The van der Waals surface area contributed by atoms with Crippen molar-refractivity contribution in [3.63, 3.8) is 0 Å². The Bertz CT molecular complexity index is 939. The van der Waals surface area contributed by atoms with Crippen molar-refractivity contribution in [3.8, 4) is 17.4 Å². The summed E-state index contributed by atoms with van der Waals surface area (Å²) in [5.41, 5.74) is 0.894. The minimum atomic E-state index is -0.691. The topological polar surface area (TPSA) is 94.6 Å². The van der Waals surface area contributed by atoms with Crippen LogP contribution in [0, 0.1) is 11.3 Å². The van der Waals surface area contributed by atoms with Crippen molar-refractivity contribution in [1.29, 1.82) is 5.26 Å². The van der Waals surface area contributed by atoms with E-state index < -0.39 is 17.8 Å². The maximum Gasteiger partial charge on any atom is 0.333 e. The van der Waals surface area contributed by atoms with Gasteiger partial charge in [-0.25, -0.2) is 4.79 Å². The number of barbiturate groups is 1. The summed E-state index contributed by atoms with van der Waals surface area (Å²) in [6.45, 7) is 0. The smallest absolute Gasteiger partial charge is 0.333 e. The van der Waals surface area contributed by atoms with Gasteiger partial charge in [0.1, 0.15) is 17.1 Å². The average molecular weight is 335 g/mol. The number of rotatable bonds is 2. The molecule has 0 radical (unpaired) electrons. The van der Waals surface area contributed by atoms with Crippen molar-refractivity contribution in [3.05, 3.63) is 53.3 Å². The molecule has 1 aliphatic rings. The standard InChI is InChI=1S/C18H13N3O4/c1-20-16(22)14(17(23)21(2)18(20)24)9-12-7-8-15(25-12)13-6-4-3-5-11(13)10-19/h3-9H,1-2H3. The highest BCUT2D eigenvalue weighted by Crippen LogP contribution is 2.27. The molecule has 7 nitrogen and oxygen atoms in total. The average Bonchev–Trinajstić information content (AvgIpc) is 3.10. The molecule has 124 valence electrons. The van der Waals surface area contributed by atoms with Gasteiger partial charge >= 0.3 is 6.03 Å². The maximum atomic E-state index is 12.2. The number of carbonyl (C=O) groups excluding carboxylic acids is 3.